The first kappa shape index (κ1) is 15.6. The lowest BCUT2D eigenvalue weighted by molar-refractivity contribution is -0.116. The smallest absolute Gasteiger partial charge is 0.244 e. The lowest BCUT2D eigenvalue weighted by atomic mass is 10.2. The van der Waals surface area contributed by atoms with Crippen LogP contribution in [0.25, 0.3) is 6.08 Å². The minimum absolute atomic E-state index is 0.101. The van der Waals surface area contributed by atoms with Gasteiger partial charge < -0.3 is 5.32 Å². The Hall–Kier alpha value is -1.78. The van der Waals surface area contributed by atoms with Crippen LogP contribution in [-0.4, -0.2) is 23.2 Å². The van der Waals surface area contributed by atoms with Crippen LogP contribution in [0.3, 0.4) is 0 Å². The average molecular weight is 319 g/mol. The highest BCUT2D eigenvalue weighted by molar-refractivity contribution is 7.99. The normalized spacial score (nSPS) is 10.7. The van der Waals surface area contributed by atoms with E-state index in [4.69, 9.17) is 11.6 Å². The zero-order chi connectivity index (χ0) is 14.9. The molecule has 0 saturated carbocycles. The molecule has 1 heterocycles. The maximum atomic E-state index is 11.6. The van der Waals surface area contributed by atoms with Gasteiger partial charge in [0, 0.05) is 40.7 Å². The number of carbonyl (C=O) groups is 1. The van der Waals surface area contributed by atoms with Crippen molar-refractivity contribution in [3.63, 3.8) is 0 Å². The van der Waals surface area contributed by atoms with Crippen LogP contribution in [0.4, 0.5) is 0 Å². The molecule has 0 fully saturated rings. The van der Waals surface area contributed by atoms with Gasteiger partial charge in [0.25, 0.3) is 0 Å². The molecule has 3 nitrogen and oxygen atoms in total. The molecule has 2 rings (SSSR count). The fourth-order valence-electron chi connectivity index (χ4n) is 1.58. The van der Waals surface area contributed by atoms with Crippen molar-refractivity contribution in [1.29, 1.82) is 0 Å². The average Bonchev–Trinajstić information content (AvgIpc) is 2.52. The molecule has 0 spiro atoms. The summed E-state index contributed by atoms with van der Waals surface area (Å²) in [6.45, 7) is 0.615. The first-order valence-electron chi connectivity index (χ1n) is 6.48. The number of hydrogen-bond acceptors (Lipinski definition) is 3. The van der Waals surface area contributed by atoms with E-state index in [2.05, 4.69) is 10.3 Å². The number of amides is 1. The summed E-state index contributed by atoms with van der Waals surface area (Å²) < 4.78 is 0. The van der Waals surface area contributed by atoms with Crippen molar-refractivity contribution in [2.45, 2.75) is 4.90 Å². The molecule has 0 saturated heterocycles. The van der Waals surface area contributed by atoms with Crippen LogP contribution in [-0.2, 0) is 4.79 Å². The number of nitrogens with one attached hydrogen (secondary N) is 1. The van der Waals surface area contributed by atoms with Gasteiger partial charge in [0.15, 0.2) is 0 Å². The Kier molecular flexibility index (Phi) is 6.31. The molecule has 0 bridgehead atoms. The van der Waals surface area contributed by atoms with E-state index >= 15 is 0 Å². The Labute approximate surface area is 133 Å². The second kappa shape index (κ2) is 8.49. The summed E-state index contributed by atoms with van der Waals surface area (Å²) in [5.41, 5.74) is 0.906. The van der Waals surface area contributed by atoms with Gasteiger partial charge in [-0.1, -0.05) is 17.7 Å². The summed E-state index contributed by atoms with van der Waals surface area (Å²) in [6.07, 6.45) is 6.67. The fourth-order valence-corrected chi connectivity index (χ4v) is 2.47. The molecule has 1 amide bonds. The molecule has 0 aliphatic heterocycles. The van der Waals surface area contributed by atoms with Crippen molar-refractivity contribution in [2.75, 3.05) is 12.3 Å². The van der Waals surface area contributed by atoms with Crippen LogP contribution in [0.5, 0.6) is 0 Å². The summed E-state index contributed by atoms with van der Waals surface area (Å²) in [4.78, 5) is 16.7. The van der Waals surface area contributed by atoms with Gasteiger partial charge in [-0.2, -0.15) is 0 Å². The van der Waals surface area contributed by atoms with E-state index < -0.39 is 0 Å². The molecule has 1 N–H and O–H groups in total. The van der Waals surface area contributed by atoms with Crippen molar-refractivity contribution in [3.05, 3.63) is 65.5 Å². The SMILES string of the molecule is O=C(/C=C/c1cccnc1)NCCSc1ccc(Cl)cc1. The van der Waals surface area contributed by atoms with Gasteiger partial charge >= 0.3 is 0 Å². The lowest BCUT2D eigenvalue weighted by Crippen LogP contribution is -2.23. The van der Waals surface area contributed by atoms with Crippen LogP contribution in [0, 0.1) is 0 Å². The molecule has 0 atom stereocenters. The van der Waals surface area contributed by atoms with Crippen molar-refractivity contribution in [2.24, 2.45) is 0 Å². The third-order valence-electron chi connectivity index (χ3n) is 2.60. The monoisotopic (exact) mass is 318 g/mol. The van der Waals surface area contributed by atoms with Gasteiger partial charge in [-0.3, -0.25) is 9.78 Å². The Balaban J connectivity index is 1.67. The predicted octanol–water partition coefficient (Wildman–Crippen LogP) is 3.66. The zero-order valence-corrected chi connectivity index (χ0v) is 12.9. The molecule has 0 aliphatic rings. The minimum Gasteiger partial charge on any atom is -0.352 e. The summed E-state index contributed by atoms with van der Waals surface area (Å²) in [5, 5.41) is 3.57. The number of nitrogens with zero attached hydrogens (tertiary/aromatic N) is 1. The predicted molar refractivity (Wildman–Crippen MR) is 88.5 cm³/mol. The summed E-state index contributed by atoms with van der Waals surface area (Å²) >= 11 is 7.50. The van der Waals surface area contributed by atoms with E-state index in [1.165, 1.54) is 6.08 Å². The largest absolute Gasteiger partial charge is 0.352 e. The molecule has 0 radical (unpaired) electrons. The maximum Gasteiger partial charge on any atom is 0.244 e. The Morgan fingerprint density at radius 3 is 2.81 bits per heavy atom. The molecular weight excluding hydrogens is 304 g/mol. The highest BCUT2D eigenvalue weighted by Crippen LogP contribution is 2.19. The quantitative estimate of drug-likeness (QED) is 0.502. The van der Waals surface area contributed by atoms with E-state index in [9.17, 15) is 4.79 Å². The number of carbonyl (C=O) groups excluding carboxylic acids is 1. The molecule has 108 valence electrons. The van der Waals surface area contributed by atoms with E-state index in [0.717, 1.165) is 21.2 Å². The lowest BCUT2D eigenvalue weighted by Gasteiger charge is -2.03. The van der Waals surface area contributed by atoms with E-state index in [0.29, 0.717) is 6.54 Å². The third kappa shape index (κ3) is 6.02. The summed E-state index contributed by atoms with van der Waals surface area (Å²) in [6, 6.07) is 11.4. The number of benzene rings is 1. The molecule has 0 unspecified atom stereocenters. The molecule has 2 aromatic rings. The summed E-state index contributed by atoms with van der Waals surface area (Å²) in [5.74, 6) is 0.712. The Bertz CT molecular complexity index is 599. The van der Waals surface area contributed by atoms with Crippen LogP contribution >= 0.6 is 23.4 Å². The second-order valence-electron chi connectivity index (χ2n) is 4.21. The van der Waals surface area contributed by atoms with Gasteiger partial charge in [-0.15, -0.1) is 11.8 Å². The maximum absolute atomic E-state index is 11.6. The Morgan fingerprint density at radius 2 is 2.10 bits per heavy atom. The fraction of sp³-hybridized carbons (Fsp3) is 0.125. The number of hydrogen-bond donors (Lipinski definition) is 1. The topological polar surface area (TPSA) is 42.0 Å². The molecule has 1 aromatic carbocycles. The van der Waals surface area contributed by atoms with Crippen molar-refractivity contribution in [1.82, 2.24) is 10.3 Å². The van der Waals surface area contributed by atoms with Crippen molar-refractivity contribution >= 4 is 35.3 Å². The number of aromatic nitrogens is 1. The number of thioether (sulfide) groups is 1. The first-order valence-corrected chi connectivity index (χ1v) is 7.85. The zero-order valence-electron chi connectivity index (χ0n) is 11.3. The molecule has 1 aromatic heterocycles. The van der Waals surface area contributed by atoms with Crippen LogP contribution in [0.15, 0.2) is 59.8 Å². The highest BCUT2D eigenvalue weighted by atomic mass is 35.5. The third-order valence-corrected chi connectivity index (χ3v) is 3.86. The minimum atomic E-state index is -0.101. The van der Waals surface area contributed by atoms with Crippen LogP contribution in [0.1, 0.15) is 5.56 Å². The molecule has 5 heteroatoms. The van der Waals surface area contributed by atoms with Crippen LogP contribution in [0.2, 0.25) is 5.02 Å². The second-order valence-corrected chi connectivity index (χ2v) is 5.82. The van der Waals surface area contributed by atoms with Crippen molar-refractivity contribution < 1.29 is 4.79 Å². The van der Waals surface area contributed by atoms with Gasteiger partial charge in [0.2, 0.25) is 5.91 Å². The van der Waals surface area contributed by atoms with Gasteiger partial charge in [0.1, 0.15) is 0 Å². The Morgan fingerprint density at radius 1 is 1.29 bits per heavy atom. The van der Waals surface area contributed by atoms with Crippen molar-refractivity contribution in [3.8, 4) is 0 Å². The van der Waals surface area contributed by atoms with Gasteiger partial charge in [-0.25, -0.2) is 0 Å². The van der Waals surface area contributed by atoms with Gasteiger partial charge in [0.05, 0.1) is 0 Å². The first-order chi connectivity index (χ1) is 10.2. The summed E-state index contributed by atoms with van der Waals surface area (Å²) in [7, 11) is 0. The number of halogens is 1. The van der Waals surface area contributed by atoms with E-state index in [1.807, 2.05) is 36.4 Å². The molecule has 0 aliphatic carbocycles. The molecular formula is C16H15ClN2OS. The van der Waals surface area contributed by atoms with E-state index in [-0.39, 0.29) is 5.91 Å². The van der Waals surface area contributed by atoms with Crippen LogP contribution < -0.4 is 5.32 Å². The van der Waals surface area contributed by atoms with Gasteiger partial charge in [-0.05, 0) is 42.0 Å². The van der Waals surface area contributed by atoms with E-state index in [1.54, 1.807) is 30.2 Å². The standard InChI is InChI=1S/C16H15ClN2OS/c17-14-4-6-15(7-5-14)21-11-10-19-16(20)8-3-13-2-1-9-18-12-13/h1-9,12H,10-11H2,(H,19,20)/b8-3+. The number of rotatable bonds is 6. The molecule has 21 heavy (non-hydrogen) atoms. The number of pyridine rings is 1. The highest BCUT2D eigenvalue weighted by Gasteiger charge is 1.97.